The van der Waals surface area contributed by atoms with E-state index in [1.54, 1.807) is 18.2 Å². The maximum absolute atomic E-state index is 14.0. The van der Waals surface area contributed by atoms with Crippen LogP contribution in [0, 0.1) is 11.3 Å². The zero-order valence-electron chi connectivity index (χ0n) is 30.5. The van der Waals surface area contributed by atoms with E-state index in [1.807, 2.05) is 30.5 Å². The monoisotopic (exact) mass is 698 g/mol. The molecule has 1 fully saturated rings. The van der Waals surface area contributed by atoms with Crippen molar-refractivity contribution in [2.75, 3.05) is 23.4 Å². The minimum absolute atomic E-state index is 0.0677. The first-order valence-corrected chi connectivity index (χ1v) is 19.0. The normalized spacial score (nSPS) is 20.6. The zero-order valence-corrected chi connectivity index (χ0v) is 31.3. The third kappa shape index (κ3) is 7.88. The lowest BCUT2D eigenvalue weighted by molar-refractivity contribution is 0.0981. The fraction of sp³-hybridized carbons (Fsp3) is 0.487. The molecule has 6 rings (SSSR count). The molecule has 2 aliphatic rings. The number of hydrogen-bond acceptors (Lipinski definition) is 9. The smallest absolute Gasteiger partial charge is 0.281 e. The van der Waals surface area contributed by atoms with Crippen LogP contribution in [0.15, 0.2) is 65.8 Å². The van der Waals surface area contributed by atoms with Crippen molar-refractivity contribution in [2.45, 2.75) is 103 Å². The number of pyridine rings is 3. The van der Waals surface area contributed by atoms with Crippen LogP contribution in [-0.4, -0.2) is 48.0 Å². The van der Waals surface area contributed by atoms with Gasteiger partial charge in [0.05, 0.1) is 29.4 Å². The predicted octanol–water partition coefficient (Wildman–Crippen LogP) is 7.81. The molecule has 1 aromatic carbocycles. The molecule has 10 nitrogen and oxygen atoms in total. The minimum Gasteiger partial charge on any atom is -0.493 e. The molecule has 4 bridgehead atoms. The van der Waals surface area contributed by atoms with Crippen molar-refractivity contribution in [3.05, 3.63) is 77.6 Å². The van der Waals surface area contributed by atoms with Gasteiger partial charge in [0, 0.05) is 29.7 Å². The number of ether oxygens (including phenoxy) is 1. The summed E-state index contributed by atoms with van der Waals surface area (Å²) in [5.74, 6) is 1.08. The average molecular weight is 699 g/mol. The van der Waals surface area contributed by atoms with Crippen LogP contribution in [0.2, 0.25) is 0 Å². The Balaban J connectivity index is 1.42. The Bertz CT molecular complexity index is 2020. The SMILES string of the molecule is CC(C)(C)CCOc1ccc2cc3c(nc2c1)N1C[C@@H](CCC(c2cc(C(C)(C)C)ccn2)Nc2cccc(n2)S(=O)(=O)NC3=O)CC1(C)C. The van der Waals surface area contributed by atoms with Crippen molar-refractivity contribution >= 4 is 38.5 Å². The van der Waals surface area contributed by atoms with E-state index in [2.05, 4.69) is 81.4 Å². The van der Waals surface area contributed by atoms with Crippen LogP contribution in [0.1, 0.15) is 109 Å². The number of benzene rings is 1. The fourth-order valence-electron chi connectivity index (χ4n) is 6.88. The molecule has 0 aliphatic carbocycles. The van der Waals surface area contributed by atoms with Crippen LogP contribution in [0.5, 0.6) is 5.75 Å². The lowest BCUT2D eigenvalue weighted by Crippen LogP contribution is -2.41. The number of rotatable bonds is 4. The van der Waals surface area contributed by atoms with Crippen LogP contribution in [0.4, 0.5) is 11.6 Å². The van der Waals surface area contributed by atoms with Gasteiger partial charge < -0.3 is 15.0 Å². The van der Waals surface area contributed by atoms with Gasteiger partial charge in [-0.3, -0.25) is 9.78 Å². The number of aromatic nitrogens is 3. The van der Waals surface area contributed by atoms with Gasteiger partial charge in [0.25, 0.3) is 15.9 Å². The highest BCUT2D eigenvalue weighted by molar-refractivity contribution is 7.90. The van der Waals surface area contributed by atoms with Gasteiger partial charge in [-0.2, -0.15) is 8.42 Å². The fourth-order valence-corrected chi connectivity index (χ4v) is 7.82. The van der Waals surface area contributed by atoms with Gasteiger partial charge >= 0.3 is 0 Å². The van der Waals surface area contributed by atoms with Gasteiger partial charge in [-0.05, 0) is 104 Å². The van der Waals surface area contributed by atoms with E-state index in [1.165, 1.54) is 6.07 Å². The second-order valence-electron chi connectivity index (χ2n) is 16.7. The van der Waals surface area contributed by atoms with Crippen molar-refractivity contribution in [1.82, 2.24) is 19.7 Å². The lowest BCUT2D eigenvalue weighted by atomic mass is 9.86. The zero-order chi connectivity index (χ0) is 36.1. The Morgan fingerprint density at radius 1 is 0.980 bits per heavy atom. The maximum Gasteiger partial charge on any atom is 0.281 e. The second kappa shape index (κ2) is 13.1. The molecule has 0 spiro atoms. The van der Waals surface area contributed by atoms with Crippen molar-refractivity contribution in [2.24, 2.45) is 11.3 Å². The molecule has 0 radical (unpaired) electrons. The molecular weight excluding hydrogens is 649 g/mol. The Morgan fingerprint density at radius 2 is 1.76 bits per heavy atom. The molecular formula is C39H50N6O4S. The molecule has 266 valence electrons. The molecule has 1 unspecified atom stereocenters. The average Bonchev–Trinajstić information content (AvgIpc) is 3.34. The molecule has 2 aliphatic heterocycles. The summed E-state index contributed by atoms with van der Waals surface area (Å²) in [6, 6.07) is 16.1. The third-order valence-corrected chi connectivity index (χ3v) is 11.0. The van der Waals surface area contributed by atoms with Gasteiger partial charge in [-0.1, -0.05) is 47.6 Å². The molecule has 0 saturated carbocycles. The van der Waals surface area contributed by atoms with Crippen LogP contribution in [-0.2, 0) is 15.4 Å². The number of sulfonamides is 1. The summed E-state index contributed by atoms with van der Waals surface area (Å²) in [7, 11) is -4.34. The van der Waals surface area contributed by atoms with Crippen molar-refractivity contribution in [1.29, 1.82) is 0 Å². The molecule has 11 heteroatoms. The molecule has 4 aromatic rings. The Labute approximate surface area is 296 Å². The van der Waals surface area contributed by atoms with Crippen LogP contribution < -0.4 is 19.7 Å². The second-order valence-corrected chi connectivity index (χ2v) is 18.3. The number of fused-ring (bicyclic) bond motifs is 7. The number of carbonyl (C=O) groups is 1. The standard InChI is InChI=1S/C39H50N6O4S/c1-37(2,3)17-19-49-28-14-13-26-20-29-35(42-31(26)22-28)45-24-25(23-39(45,7)8)12-15-30(32-21-27(16-18-40-32)38(4,5)6)41-33-10-9-11-34(43-33)50(47,48)44-36(29)46/h9-11,13-14,16,18,20-22,25,30H,12,15,17,19,23-24H2,1-8H3,(H,41,43)(H,44,46)/t25-,30?/m0/s1. The summed E-state index contributed by atoms with van der Waals surface area (Å²) in [6.07, 6.45) is 5.23. The number of amides is 1. The van der Waals surface area contributed by atoms with E-state index >= 15 is 0 Å². The summed E-state index contributed by atoms with van der Waals surface area (Å²) in [5.41, 5.74) is 2.63. The lowest BCUT2D eigenvalue weighted by Gasteiger charge is -2.34. The molecule has 1 saturated heterocycles. The molecule has 2 atom stereocenters. The Hall–Kier alpha value is -4.25. The number of nitrogens with zero attached hydrogens (tertiary/aromatic N) is 4. The largest absolute Gasteiger partial charge is 0.493 e. The van der Waals surface area contributed by atoms with Crippen molar-refractivity contribution in [3.8, 4) is 5.75 Å². The summed E-state index contributed by atoms with van der Waals surface area (Å²) in [6.45, 7) is 18.6. The molecule has 5 heterocycles. The Morgan fingerprint density at radius 3 is 2.50 bits per heavy atom. The van der Waals surface area contributed by atoms with E-state index in [9.17, 15) is 13.2 Å². The van der Waals surface area contributed by atoms with Gasteiger partial charge in [0.1, 0.15) is 17.4 Å². The van der Waals surface area contributed by atoms with E-state index in [-0.39, 0.29) is 38.9 Å². The molecule has 2 N–H and O–H groups in total. The topological polar surface area (TPSA) is 126 Å². The van der Waals surface area contributed by atoms with Crippen molar-refractivity contribution < 1.29 is 17.9 Å². The van der Waals surface area contributed by atoms with Gasteiger partial charge in [0.2, 0.25) is 0 Å². The molecule has 50 heavy (non-hydrogen) atoms. The van der Waals surface area contributed by atoms with Crippen molar-refractivity contribution in [3.63, 3.8) is 0 Å². The van der Waals surface area contributed by atoms with Crippen LogP contribution >= 0.6 is 0 Å². The highest BCUT2D eigenvalue weighted by Gasteiger charge is 2.41. The number of nitrogens with one attached hydrogen (secondary N) is 2. The molecule has 3 aromatic heterocycles. The first-order valence-electron chi connectivity index (χ1n) is 17.5. The van der Waals surface area contributed by atoms with Gasteiger partial charge in [-0.15, -0.1) is 0 Å². The van der Waals surface area contributed by atoms with Gasteiger partial charge in [-0.25, -0.2) is 14.7 Å². The number of anilines is 2. The van der Waals surface area contributed by atoms with E-state index in [0.29, 0.717) is 41.4 Å². The van der Waals surface area contributed by atoms with E-state index in [4.69, 9.17) is 14.7 Å². The van der Waals surface area contributed by atoms with Crippen LogP contribution in [0.25, 0.3) is 10.9 Å². The highest BCUT2D eigenvalue weighted by atomic mass is 32.2. The number of carbonyl (C=O) groups excluding carboxylic acids is 1. The Kier molecular flexibility index (Phi) is 9.35. The first-order chi connectivity index (χ1) is 23.4. The van der Waals surface area contributed by atoms with Gasteiger partial charge in [0.15, 0.2) is 5.03 Å². The maximum atomic E-state index is 14.0. The predicted molar refractivity (Wildman–Crippen MR) is 198 cm³/mol. The highest BCUT2D eigenvalue weighted by Crippen LogP contribution is 2.41. The third-order valence-electron chi connectivity index (χ3n) is 9.77. The minimum atomic E-state index is -4.34. The first kappa shape index (κ1) is 35.6. The summed E-state index contributed by atoms with van der Waals surface area (Å²) < 4.78 is 35.8. The van der Waals surface area contributed by atoms with E-state index in [0.717, 1.165) is 36.9 Å². The summed E-state index contributed by atoms with van der Waals surface area (Å²) in [5, 5.41) is 3.95. The number of hydrogen-bond donors (Lipinski definition) is 2. The van der Waals surface area contributed by atoms with E-state index < -0.39 is 15.9 Å². The quantitative estimate of drug-likeness (QED) is 0.220. The van der Waals surface area contributed by atoms with Crippen LogP contribution in [0.3, 0.4) is 0 Å². The summed E-state index contributed by atoms with van der Waals surface area (Å²) in [4.78, 5) is 30.5. The molecule has 1 amide bonds. The summed E-state index contributed by atoms with van der Waals surface area (Å²) >= 11 is 0.